The molecule has 1 unspecified atom stereocenters. The van der Waals surface area contributed by atoms with Gasteiger partial charge in [-0.25, -0.2) is 4.98 Å². The molecule has 0 saturated carbocycles. The van der Waals surface area contributed by atoms with Gasteiger partial charge in [0, 0.05) is 0 Å². The molecule has 0 amide bonds. The predicted molar refractivity (Wildman–Crippen MR) is 62.3 cm³/mol. The molecule has 0 aliphatic heterocycles. The van der Waals surface area contributed by atoms with Crippen LogP contribution in [0.2, 0.25) is 0 Å². The fourth-order valence-corrected chi connectivity index (χ4v) is 2.49. The topological polar surface area (TPSA) is 38.9 Å². The fraction of sp³-hybridized carbons (Fsp3) is 0.100. The van der Waals surface area contributed by atoms with E-state index in [1.807, 2.05) is 30.3 Å². The minimum Gasteiger partial charge on any atom is -0.318 e. The lowest BCUT2D eigenvalue weighted by Gasteiger charge is -2.07. The van der Waals surface area contributed by atoms with Gasteiger partial charge in [0.05, 0.1) is 16.0 Å². The van der Waals surface area contributed by atoms with Crippen molar-refractivity contribution >= 4 is 27.3 Å². The van der Waals surface area contributed by atoms with Gasteiger partial charge in [-0.1, -0.05) is 30.3 Å². The molecule has 0 radical (unpaired) electrons. The highest BCUT2D eigenvalue weighted by atomic mass is 79.9. The number of nitrogens with zero attached hydrogens (tertiary/aromatic N) is 1. The van der Waals surface area contributed by atoms with E-state index in [-0.39, 0.29) is 6.04 Å². The van der Waals surface area contributed by atoms with Gasteiger partial charge in [-0.05, 0) is 21.5 Å². The number of benzene rings is 1. The highest BCUT2D eigenvalue weighted by molar-refractivity contribution is 9.11. The molecule has 2 aromatic rings. The van der Waals surface area contributed by atoms with E-state index in [9.17, 15) is 0 Å². The molecule has 1 aromatic carbocycles. The van der Waals surface area contributed by atoms with Crippen molar-refractivity contribution in [2.75, 3.05) is 0 Å². The first kappa shape index (κ1) is 9.83. The summed E-state index contributed by atoms with van der Waals surface area (Å²) in [7, 11) is 0. The van der Waals surface area contributed by atoms with E-state index in [0.29, 0.717) is 0 Å². The summed E-state index contributed by atoms with van der Waals surface area (Å²) in [6.07, 6.45) is 1.78. The second kappa shape index (κ2) is 4.21. The summed E-state index contributed by atoms with van der Waals surface area (Å²) < 4.78 is 1.01. The number of halogens is 1. The molecule has 1 heterocycles. The van der Waals surface area contributed by atoms with Crippen LogP contribution in [-0.2, 0) is 0 Å². The summed E-state index contributed by atoms with van der Waals surface area (Å²) in [6, 6.07) is 9.86. The Bertz CT molecular complexity index is 413. The van der Waals surface area contributed by atoms with E-state index < -0.39 is 0 Å². The second-order valence-corrected chi connectivity index (χ2v) is 5.33. The van der Waals surface area contributed by atoms with Crippen molar-refractivity contribution in [1.29, 1.82) is 0 Å². The van der Waals surface area contributed by atoms with Crippen molar-refractivity contribution in [1.82, 2.24) is 4.98 Å². The van der Waals surface area contributed by atoms with Gasteiger partial charge in [-0.15, -0.1) is 11.3 Å². The van der Waals surface area contributed by atoms with Gasteiger partial charge < -0.3 is 5.73 Å². The third-order valence-corrected chi connectivity index (χ3v) is 3.48. The van der Waals surface area contributed by atoms with E-state index in [0.717, 1.165) is 14.4 Å². The average Bonchev–Trinajstić information content (AvgIpc) is 2.65. The Kier molecular flexibility index (Phi) is 2.96. The average molecular weight is 269 g/mol. The molecule has 2 nitrogen and oxygen atoms in total. The highest BCUT2D eigenvalue weighted by Gasteiger charge is 2.11. The van der Waals surface area contributed by atoms with Crippen LogP contribution in [-0.4, -0.2) is 4.98 Å². The number of rotatable bonds is 2. The molecule has 0 fully saturated rings. The first-order chi connectivity index (χ1) is 6.77. The largest absolute Gasteiger partial charge is 0.318 e. The Hall–Kier alpha value is -0.710. The molecule has 0 bridgehead atoms. The summed E-state index contributed by atoms with van der Waals surface area (Å²) in [5.74, 6) is 0. The van der Waals surface area contributed by atoms with Crippen molar-refractivity contribution < 1.29 is 0 Å². The zero-order chi connectivity index (χ0) is 9.97. The SMILES string of the molecule is NC(c1ccccc1)c1ncc(Br)s1. The van der Waals surface area contributed by atoms with Crippen molar-refractivity contribution in [3.8, 4) is 0 Å². The summed E-state index contributed by atoms with van der Waals surface area (Å²) in [6.45, 7) is 0. The third kappa shape index (κ3) is 2.03. The monoisotopic (exact) mass is 268 g/mol. The van der Waals surface area contributed by atoms with Crippen LogP contribution < -0.4 is 5.73 Å². The molecule has 1 atom stereocenters. The van der Waals surface area contributed by atoms with Gasteiger partial charge in [0.2, 0.25) is 0 Å². The van der Waals surface area contributed by atoms with Crippen LogP contribution in [0.15, 0.2) is 40.3 Å². The first-order valence-electron chi connectivity index (χ1n) is 4.19. The zero-order valence-corrected chi connectivity index (χ0v) is 9.75. The number of hydrogen-bond acceptors (Lipinski definition) is 3. The predicted octanol–water partition coefficient (Wildman–Crippen LogP) is 2.95. The van der Waals surface area contributed by atoms with E-state index in [4.69, 9.17) is 5.73 Å². The molecule has 0 aliphatic rings. The van der Waals surface area contributed by atoms with Crippen LogP contribution in [0.5, 0.6) is 0 Å². The lowest BCUT2D eigenvalue weighted by atomic mass is 10.1. The Balaban J connectivity index is 2.29. The normalized spacial score (nSPS) is 12.7. The molecule has 0 aliphatic carbocycles. The van der Waals surface area contributed by atoms with Gasteiger partial charge in [0.1, 0.15) is 5.01 Å². The Morgan fingerprint density at radius 3 is 2.57 bits per heavy atom. The number of nitrogens with two attached hydrogens (primary N) is 1. The van der Waals surface area contributed by atoms with Crippen molar-refractivity contribution in [3.63, 3.8) is 0 Å². The smallest absolute Gasteiger partial charge is 0.115 e. The van der Waals surface area contributed by atoms with Crippen LogP contribution in [0.1, 0.15) is 16.6 Å². The molecule has 0 spiro atoms. The van der Waals surface area contributed by atoms with Gasteiger partial charge >= 0.3 is 0 Å². The van der Waals surface area contributed by atoms with Gasteiger partial charge in [0.15, 0.2) is 0 Å². The van der Waals surface area contributed by atoms with Gasteiger partial charge in [0.25, 0.3) is 0 Å². The van der Waals surface area contributed by atoms with E-state index in [1.165, 1.54) is 0 Å². The number of hydrogen-bond donors (Lipinski definition) is 1. The quantitative estimate of drug-likeness (QED) is 0.910. The van der Waals surface area contributed by atoms with Crippen LogP contribution in [0.3, 0.4) is 0 Å². The van der Waals surface area contributed by atoms with Crippen molar-refractivity contribution in [3.05, 3.63) is 50.9 Å². The zero-order valence-electron chi connectivity index (χ0n) is 7.35. The van der Waals surface area contributed by atoms with E-state index >= 15 is 0 Å². The minimum absolute atomic E-state index is 0.118. The first-order valence-corrected chi connectivity index (χ1v) is 5.80. The standard InChI is InChI=1S/C10H9BrN2S/c11-8-6-13-10(14-8)9(12)7-4-2-1-3-5-7/h1-6,9H,12H2. The van der Waals surface area contributed by atoms with Crippen LogP contribution >= 0.6 is 27.3 Å². The van der Waals surface area contributed by atoms with E-state index in [2.05, 4.69) is 20.9 Å². The molecule has 14 heavy (non-hydrogen) atoms. The molecule has 72 valence electrons. The minimum atomic E-state index is -0.118. The molecular formula is C10H9BrN2S. The number of aromatic nitrogens is 1. The Morgan fingerprint density at radius 2 is 2.00 bits per heavy atom. The maximum atomic E-state index is 6.06. The molecule has 2 rings (SSSR count). The molecule has 1 aromatic heterocycles. The number of thiazole rings is 1. The van der Waals surface area contributed by atoms with Gasteiger partial charge in [-0.3, -0.25) is 0 Å². The van der Waals surface area contributed by atoms with Crippen molar-refractivity contribution in [2.45, 2.75) is 6.04 Å². The summed E-state index contributed by atoms with van der Waals surface area (Å²) in [4.78, 5) is 4.24. The Labute approximate surface area is 94.9 Å². The van der Waals surface area contributed by atoms with Crippen LogP contribution in [0.4, 0.5) is 0 Å². The molecule has 0 saturated heterocycles. The summed E-state index contributed by atoms with van der Waals surface area (Å²) >= 11 is 4.94. The molecule has 2 N–H and O–H groups in total. The fourth-order valence-electron chi connectivity index (χ4n) is 1.21. The van der Waals surface area contributed by atoms with Gasteiger partial charge in [-0.2, -0.15) is 0 Å². The van der Waals surface area contributed by atoms with Crippen molar-refractivity contribution in [2.24, 2.45) is 5.73 Å². The molecular weight excluding hydrogens is 260 g/mol. The molecule has 4 heteroatoms. The highest BCUT2D eigenvalue weighted by Crippen LogP contribution is 2.26. The lowest BCUT2D eigenvalue weighted by molar-refractivity contribution is 0.858. The maximum absolute atomic E-state index is 6.06. The maximum Gasteiger partial charge on any atom is 0.115 e. The second-order valence-electron chi connectivity index (χ2n) is 2.89. The summed E-state index contributed by atoms with van der Waals surface area (Å²) in [5.41, 5.74) is 7.15. The van der Waals surface area contributed by atoms with Crippen LogP contribution in [0, 0.1) is 0 Å². The Morgan fingerprint density at radius 1 is 1.29 bits per heavy atom. The summed E-state index contributed by atoms with van der Waals surface area (Å²) in [5, 5.41) is 0.933. The van der Waals surface area contributed by atoms with E-state index in [1.54, 1.807) is 17.5 Å². The van der Waals surface area contributed by atoms with Crippen LogP contribution in [0.25, 0.3) is 0 Å². The lowest BCUT2D eigenvalue weighted by Crippen LogP contribution is -2.10. The third-order valence-electron chi connectivity index (χ3n) is 1.92.